The Balaban J connectivity index is 1.82. The van der Waals surface area contributed by atoms with Crippen molar-refractivity contribution in [2.75, 3.05) is 30.0 Å². The first-order chi connectivity index (χ1) is 12.1. The zero-order valence-corrected chi connectivity index (χ0v) is 13.9. The predicted octanol–water partition coefficient (Wildman–Crippen LogP) is 2.45. The number of morpholine rings is 1. The number of carboxylic acids is 1. The minimum Gasteiger partial charge on any atom is -0.478 e. The van der Waals surface area contributed by atoms with Crippen LogP contribution in [0.3, 0.4) is 0 Å². The number of carbonyl (C=O) groups is 2. The number of ether oxygens (including phenoxy) is 1. The molecule has 0 aliphatic carbocycles. The molecule has 1 fully saturated rings. The Morgan fingerprint density at radius 2 is 2.04 bits per heavy atom. The quantitative estimate of drug-likeness (QED) is 0.868. The summed E-state index contributed by atoms with van der Waals surface area (Å²) in [6.07, 6.45) is 0.715. The van der Waals surface area contributed by atoms with Crippen molar-refractivity contribution in [1.29, 1.82) is 0 Å². The zero-order chi connectivity index (χ0) is 17.8. The molecular weight excluding hydrogens is 322 g/mol. The van der Waals surface area contributed by atoms with Crippen LogP contribution in [0.4, 0.5) is 17.2 Å². The van der Waals surface area contributed by atoms with Gasteiger partial charge >= 0.3 is 5.97 Å². The molecule has 2 heterocycles. The molecule has 7 heteroatoms. The zero-order valence-electron chi connectivity index (χ0n) is 13.9. The number of aromatic nitrogens is 1. The molecule has 0 spiro atoms. The van der Waals surface area contributed by atoms with Crippen molar-refractivity contribution < 1.29 is 19.4 Å². The number of hydrogen-bond donors (Lipinski definition) is 2. The number of carbonyl (C=O) groups excluding carboxylic acids is 1. The van der Waals surface area contributed by atoms with Crippen LogP contribution in [0, 0.1) is 0 Å². The van der Waals surface area contributed by atoms with Gasteiger partial charge < -0.3 is 20.1 Å². The Bertz CT molecular complexity index is 789. The summed E-state index contributed by atoms with van der Waals surface area (Å²) in [6, 6.07) is 10.5. The van der Waals surface area contributed by atoms with Crippen molar-refractivity contribution in [3.05, 3.63) is 47.7 Å². The lowest BCUT2D eigenvalue weighted by atomic mass is 10.2. The van der Waals surface area contributed by atoms with Gasteiger partial charge in [0, 0.05) is 23.6 Å². The van der Waals surface area contributed by atoms with E-state index in [0.717, 1.165) is 11.4 Å². The molecule has 1 saturated heterocycles. The minimum atomic E-state index is -1.03. The lowest BCUT2D eigenvalue weighted by molar-refractivity contribution is -0.125. The van der Waals surface area contributed by atoms with E-state index < -0.39 is 5.97 Å². The number of pyridine rings is 1. The molecule has 1 aliphatic rings. The summed E-state index contributed by atoms with van der Waals surface area (Å²) >= 11 is 0. The number of aryl methyl sites for hydroxylation is 1. The molecule has 25 heavy (non-hydrogen) atoms. The number of nitrogens with zero attached hydrogens (tertiary/aromatic N) is 2. The van der Waals surface area contributed by atoms with E-state index in [-0.39, 0.29) is 18.1 Å². The van der Waals surface area contributed by atoms with Crippen molar-refractivity contribution in [3.63, 3.8) is 0 Å². The van der Waals surface area contributed by atoms with Gasteiger partial charge in [0.15, 0.2) is 0 Å². The molecule has 2 aromatic rings. The second kappa shape index (κ2) is 7.31. The number of amides is 1. The van der Waals surface area contributed by atoms with Gasteiger partial charge in [0.05, 0.1) is 6.61 Å². The van der Waals surface area contributed by atoms with Crippen LogP contribution in [0.25, 0.3) is 0 Å². The first kappa shape index (κ1) is 16.9. The molecule has 1 aromatic heterocycles. The lowest BCUT2D eigenvalue weighted by Crippen LogP contribution is -2.41. The highest BCUT2D eigenvalue weighted by Gasteiger charge is 2.20. The number of hydrogen-bond acceptors (Lipinski definition) is 5. The first-order valence-electron chi connectivity index (χ1n) is 8.07. The van der Waals surface area contributed by atoms with Gasteiger partial charge in [-0.05, 0) is 42.8 Å². The third-order valence-electron chi connectivity index (χ3n) is 3.97. The van der Waals surface area contributed by atoms with Gasteiger partial charge in [-0.15, -0.1) is 0 Å². The highest BCUT2D eigenvalue weighted by atomic mass is 16.5. The molecule has 1 amide bonds. The number of aromatic carboxylic acids is 1. The Labute approximate surface area is 145 Å². The molecule has 1 aliphatic heterocycles. The number of nitrogens with one attached hydrogen (secondary N) is 1. The Morgan fingerprint density at radius 1 is 1.28 bits per heavy atom. The van der Waals surface area contributed by atoms with Crippen LogP contribution in [0.1, 0.15) is 23.0 Å². The molecular formula is C18H19N3O4. The highest BCUT2D eigenvalue weighted by Crippen LogP contribution is 2.23. The van der Waals surface area contributed by atoms with Crippen molar-refractivity contribution in [3.8, 4) is 0 Å². The van der Waals surface area contributed by atoms with Crippen molar-refractivity contribution >= 4 is 29.1 Å². The highest BCUT2D eigenvalue weighted by molar-refractivity contribution is 5.95. The van der Waals surface area contributed by atoms with Gasteiger partial charge in [-0.25, -0.2) is 9.78 Å². The Hall–Kier alpha value is -2.93. The molecule has 3 rings (SSSR count). The largest absolute Gasteiger partial charge is 0.478 e. The fourth-order valence-corrected chi connectivity index (χ4v) is 2.62. The van der Waals surface area contributed by atoms with E-state index in [9.17, 15) is 14.7 Å². The summed E-state index contributed by atoms with van der Waals surface area (Å²) in [5.74, 6) is -0.798. The van der Waals surface area contributed by atoms with Gasteiger partial charge in [0.1, 0.15) is 18.0 Å². The van der Waals surface area contributed by atoms with E-state index >= 15 is 0 Å². The third kappa shape index (κ3) is 3.77. The van der Waals surface area contributed by atoms with Crippen LogP contribution >= 0.6 is 0 Å². The summed E-state index contributed by atoms with van der Waals surface area (Å²) < 4.78 is 5.13. The normalized spacial score (nSPS) is 14.4. The fraction of sp³-hybridized carbons (Fsp3) is 0.278. The van der Waals surface area contributed by atoms with E-state index in [1.807, 2.05) is 19.1 Å². The first-order valence-corrected chi connectivity index (χ1v) is 8.07. The standard InChI is InChI=1S/C18H19N3O4/c1-2-12-5-8-15(18(23)24)17(19-12)20-13-3-6-14(7-4-13)21-9-10-25-11-16(21)22/h3-8H,2,9-11H2,1H3,(H,19,20)(H,23,24). The van der Waals surface area contributed by atoms with Gasteiger partial charge in [0.2, 0.25) is 0 Å². The van der Waals surface area contributed by atoms with Crippen molar-refractivity contribution in [2.45, 2.75) is 13.3 Å². The summed E-state index contributed by atoms with van der Waals surface area (Å²) in [5.41, 5.74) is 2.41. The molecule has 2 N–H and O–H groups in total. The van der Waals surface area contributed by atoms with Gasteiger partial charge in [-0.1, -0.05) is 6.92 Å². The van der Waals surface area contributed by atoms with Crippen LogP contribution in [-0.4, -0.2) is 41.7 Å². The Morgan fingerprint density at radius 3 is 2.68 bits per heavy atom. The summed E-state index contributed by atoms with van der Waals surface area (Å²) in [6.45, 7) is 3.09. The van der Waals surface area contributed by atoms with Crippen LogP contribution < -0.4 is 10.2 Å². The van der Waals surface area contributed by atoms with Crippen LogP contribution in [0.2, 0.25) is 0 Å². The second-order valence-corrected chi connectivity index (χ2v) is 5.63. The minimum absolute atomic E-state index is 0.0718. The number of rotatable bonds is 5. The average Bonchev–Trinajstić information content (AvgIpc) is 2.62. The molecule has 130 valence electrons. The maximum atomic E-state index is 11.9. The molecule has 1 aromatic carbocycles. The topological polar surface area (TPSA) is 91.8 Å². The molecule has 0 bridgehead atoms. The van der Waals surface area contributed by atoms with Crippen molar-refractivity contribution in [1.82, 2.24) is 4.98 Å². The maximum absolute atomic E-state index is 11.9. The average molecular weight is 341 g/mol. The number of carboxylic acid groups (broad SMARTS) is 1. The monoisotopic (exact) mass is 341 g/mol. The molecule has 0 atom stereocenters. The van der Waals surface area contributed by atoms with E-state index in [0.29, 0.717) is 31.1 Å². The van der Waals surface area contributed by atoms with Gasteiger partial charge in [-0.3, -0.25) is 4.79 Å². The van der Waals surface area contributed by atoms with E-state index in [4.69, 9.17) is 4.74 Å². The fourth-order valence-electron chi connectivity index (χ4n) is 2.62. The SMILES string of the molecule is CCc1ccc(C(=O)O)c(Nc2ccc(N3CCOCC3=O)cc2)n1. The summed E-state index contributed by atoms with van der Waals surface area (Å²) in [5, 5.41) is 12.4. The summed E-state index contributed by atoms with van der Waals surface area (Å²) in [7, 11) is 0. The molecule has 0 unspecified atom stereocenters. The molecule has 7 nitrogen and oxygen atoms in total. The smallest absolute Gasteiger partial charge is 0.339 e. The predicted molar refractivity (Wildman–Crippen MR) is 93.5 cm³/mol. The molecule has 0 saturated carbocycles. The van der Waals surface area contributed by atoms with E-state index in [2.05, 4.69) is 10.3 Å². The van der Waals surface area contributed by atoms with Gasteiger partial charge in [-0.2, -0.15) is 0 Å². The second-order valence-electron chi connectivity index (χ2n) is 5.63. The van der Waals surface area contributed by atoms with Crippen LogP contribution in [-0.2, 0) is 16.0 Å². The van der Waals surface area contributed by atoms with Crippen molar-refractivity contribution in [2.24, 2.45) is 0 Å². The van der Waals surface area contributed by atoms with Crippen LogP contribution in [0.15, 0.2) is 36.4 Å². The van der Waals surface area contributed by atoms with E-state index in [1.54, 1.807) is 29.2 Å². The Kier molecular flexibility index (Phi) is 4.95. The number of anilines is 3. The third-order valence-corrected chi connectivity index (χ3v) is 3.97. The van der Waals surface area contributed by atoms with E-state index in [1.165, 1.54) is 0 Å². The number of benzene rings is 1. The lowest BCUT2D eigenvalue weighted by Gasteiger charge is -2.27. The molecule has 0 radical (unpaired) electrons. The summed E-state index contributed by atoms with van der Waals surface area (Å²) in [4.78, 5) is 29.3. The van der Waals surface area contributed by atoms with Gasteiger partial charge in [0.25, 0.3) is 5.91 Å². The maximum Gasteiger partial charge on any atom is 0.339 e. The van der Waals surface area contributed by atoms with Crippen LogP contribution in [0.5, 0.6) is 0 Å².